The van der Waals surface area contributed by atoms with E-state index in [9.17, 15) is 35.1 Å². The summed E-state index contributed by atoms with van der Waals surface area (Å²) in [6, 6.07) is -1.04. The Kier molecular flexibility index (Phi) is 48.6. The molecule has 0 aromatic heterocycles. The summed E-state index contributed by atoms with van der Waals surface area (Å²) in [5.74, 6) is -1.24. The van der Waals surface area contributed by atoms with E-state index in [1.54, 1.807) is 6.08 Å². The van der Waals surface area contributed by atoms with Gasteiger partial charge in [-0.2, -0.15) is 0 Å². The van der Waals surface area contributed by atoms with Gasteiger partial charge in [-0.3, -0.25) is 9.59 Å². The molecule has 436 valence electrons. The smallest absolute Gasteiger partial charge is 0.306 e. The van der Waals surface area contributed by atoms with Crippen LogP contribution in [0.2, 0.25) is 0 Å². The van der Waals surface area contributed by atoms with Crippen LogP contribution in [0, 0.1) is 0 Å². The van der Waals surface area contributed by atoms with E-state index in [4.69, 9.17) is 14.2 Å². The highest BCUT2D eigenvalue weighted by Crippen LogP contribution is 2.26. The number of allylic oxidation sites excluding steroid dienone is 15. The van der Waals surface area contributed by atoms with Crippen molar-refractivity contribution in [1.29, 1.82) is 0 Å². The van der Waals surface area contributed by atoms with Gasteiger partial charge in [0.05, 0.1) is 25.4 Å². The van der Waals surface area contributed by atoms with Gasteiger partial charge < -0.3 is 45.1 Å². The Morgan fingerprint density at radius 2 is 0.947 bits per heavy atom. The van der Waals surface area contributed by atoms with Gasteiger partial charge in [-0.15, -0.1) is 0 Å². The van der Waals surface area contributed by atoms with E-state index >= 15 is 0 Å². The number of hydrogen-bond acceptors (Lipinski definition) is 10. The molecular weight excluding hydrogens is 955 g/mol. The van der Waals surface area contributed by atoms with Gasteiger partial charge in [0.15, 0.2) is 12.4 Å². The third-order valence-electron chi connectivity index (χ3n) is 13.7. The first-order valence-corrected chi connectivity index (χ1v) is 30.5. The Morgan fingerprint density at radius 3 is 1.45 bits per heavy atom. The lowest BCUT2D eigenvalue weighted by Crippen LogP contribution is -2.61. The van der Waals surface area contributed by atoms with E-state index in [2.05, 4.69) is 111 Å². The van der Waals surface area contributed by atoms with Crippen molar-refractivity contribution < 1.29 is 49.3 Å². The molecule has 0 radical (unpaired) electrons. The van der Waals surface area contributed by atoms with Crippen LogP contribution in [0.15, 0.2) is 97.2 Å². The largest absolute Gasteiger partial charge is 0.454 e. The summed E-state index contributed by atoms with van der Waals surface area (Å²) in [6.07, 6.45) is 58.7. The van der Waals surface area contributed by atoms with Gasteiger partial charge in [0, 0.05) is 6.42 Å². The summed E-state index contributed by atoms with van der Waals surface area (Å²) in [5.41, 5.74) is 0. The molecule has 11 nitrogen and oxygen atoms in total. The van der Waals surface area contributed by atoms with Crippen LogP contribution in [0.25, 0.3) is 0 Å². The van der Waals surface area contributed by atoms with E-state index < -0.39 is 67.4 Å². The number of hydrogen-bond donors (Lipinski definition) is 6. The molecule has 0 bridgehead atoms. The summed E-state index contributed by atoms with van der Waals surface area (Å²) in [6.45, 7) is 5.60. The van der Waals surface area contributed by atoms with Crippen molar-refractivity contribution in [2.45, 2.75) is 288 Å². The molecule has 1 aliphatic rings. The maximum absolute atomic E-state index is 13.4. The molecular formula is C65H111NO10. The second-order valence-corrected chi connectivity index (χ2v) is 20.7. The van der Waals surface area contributed by atoms with Gasteiger partial charge in [-0.05, 0) is 103 Å². The van der Waals surface area contributed by atoms with E-state index in [0.717, 1.165) is 128 Å². The number of nitrogens with one attached hydrogen (secondary N) is 1. The molecule has 1 fully saturated rings. The number of rotatable bonds is 50. The Balaban J connectivity index is 2.68. The van der Waals surface area contributed by atoms with Crippen molar-refractivity contribution in [2.24, 2.45) is 0 Å². The van der Waals surface area contributed by atoms with Gasteiger partial charge >= 0.3 is 5.97 Å². The van der Waals surface area contributed by atoms with Crippen molar-refractivity contribution >= 4 is 11.9 Å². The molecule has 0 aliphatic carbocycles. The van der Waals surface area contributed by atoms with Crippen LogP contribution in [-0.2, 0) is 23.8 Å². The molecule has 1 rings (SSSR count). The zero-order valence-corrected chi connectivity index (χ0v) is 48.1. The maximum atomic E-state index is 13.4. The van der Waals surface area contributed by atoms with Crippen LogP contribution in [0.3, 0.4) is 0 Å². The van der Waals surface area contributed by atoms with Gasteiger partial charge in [-0.25, -0.2) is 0 Å². The minimum Gasteiger partial charge on any atom is -0.454 e. The molecule has 1 heterocycles. The van der Waals surface area contributed by atoms with Crippen LogP contribution in [0.4, 0.5) is 0 Å². The third-order valence-corrected chi connectivity index (χ3v) is 13.7. The van der Waals surface area contributed by atoms with Crippen molar-refractivity contribution in [1.82, 2.24) is 5.32 Å². The van der Waals surface area contributed by atoms with Crippen LogP contribution in [0.1, 0.15) is 239 Å². The fourth-order valence-corrected chi connectivity index (χ4v) is 8.88. The van der Waals surface area contributed by atoms with Gasteiger partial charge in [-0.1, -0.05) is 227 Å². The highest BCUT2D eigenvalue weighted by Gasteiger charge is 2.47. The summed E-state index contributed by atoms with van der Waals surface area (Å²) >= 11 is 0. The standard InChI is InChI=1S/C65H111NO10/c1-4-7-10-13-16-19-22-24-26-27-28-29-30-31-32-33-34-37-40-43-46-49-52-58(69)64(73)66-56(57(68)51-48-45-42-39-36-21-18-15-12-9-6-3)55-74-65-63(62(72)61(71)59(54-67)75-65)76-60(70)53-50-47-44-41-38-35-25-23-20-17-14-11-8-5-2/h8,11,16-17,19-20,24-26,28-29,31-32,35,48,51,56-59,61-63,65,67-69,71-72H,4-7,9-10,12-15,18,21-23,27,30,33-34,36-47,49-50,52-55H2,1-3H3,(H,66,73)/b11-8+,19-16-,20-17+,26-24-,29-28-,32-31-,35-25+,51-48+. The third kappa shape index (κ3) is 39.9. The molecule has 0 aromatic rings. The zero-order chi connectivity index (χ0) is 55.4. The number of carbonyl (C=O) groups is 2. The SMILES string of the molecule is CC/C=C/C/C=C/C/C=C/CCCCCCC(=O)OC1C(OCC(NC(=O)C(O)CCCCCCCC/C=C\C/C=C\C/C=C\C/C=C\CCCCC)C(O)/C=C/CCCCCCCCCCC)OC(CO)C(O)C1O. The number of aliphatic hydroxyl groups is 5. The van der Waals surface area contributed by atoms with E-state index in [0.29, 0.717) is 12.8 Å². The van der Waals surface area contributed by atoms with Crippen LogP contribution < -0.4 is 5.32 Å². The molecule has 8 unspecified atom stereocenters. The van der Waals surface area contributed by atoms with E-state index in [-0.39, 0.29) is 19.4 Å². The highest BCUT2D eigenvalue weighted by molar-refractivity contribution is 5.80. The van der Waals surface area contributed by atoms with E-state index in [1.807, 2.05) is 6.08 Å². The summed E-state index contributed by atoms with van der Waals surface area (Å²) in [4.78, 5) is 26.5. The number of amides is 1. The Morgan fingerprint density at radius 1 is 0.526 bits per heavy atom. The van der Waals surface area contributed by atoms with Crippen molar-refractivity contribution in [3.05, 3.63) is 97.2 Å². The minimum atomic E-state index is -1.63. The molecule has 8 atom stereocenters. The molecule has 6 N–H and O–H groups in total. The Bertz CT molecular complexity index is 1600. The lowest BCUT2D eigenvalue weighted by Gasteiger charge is -2.41. The van der Waals surface area contributed by atoms with Gasteiger partial charge in [0.1, 0.15) is 24.4 Å². The van der Waals surface area contributed by atoms with Gasteiger partial charge in [0.2, 0.25) is 5.91 Å². The normalized spacial score (nSPS) is 19.8. The van der Waals surface area contributed by atoms with Gasteiger partial charge in [0.25, 0.3) is 0 Å². The zero-order valence-electron chi connectivity index (χ0n) is 48.1. The van der Waals surface area contributed by atoms with Crippen LogP contribution >= 0.6 is 0 Å². The summed E-state index contributed by atoms with van der Waals surface area (Å²) in [7, 11) is 0. The molecule has 1 aliphatic heterocycles. The fourth-order valence-electron chi connectivity index (χ4n) is 8.88. The van der Waals surface area contributed by atoms with Crippen molar-refractivity contribution in [3.8, 4) is 0 Å². The minimum absolute atomic E-state index is 0.0916. The number of carbonyl (C=O) groups excluding carboxylic acids is 2. The number of unbranched alkanes of at least 4 members (excludes halogenated alkanes) is 22. The lowest BCUT2D eigenvalue weighted by atomic mass is 9.99. The Labute approximate surface area is 463 Å². The molecule has 76 heavy (non-hydrogen) atoms. The fraction of sp³-hybridized carbons (Fsp3) is 0.723. The Hall–Kier alpha value is -3.42. The molecule has 1 amide bonds. The second kappa shape index (κ2) is 52.3. The first kappa shape index (κ1) is 70.6. The predicted molar refractivity (Wildman–Crippen MR) is 315 cm³/mol. The predicted octanol–water partition coefficient (Wildman–Crippen LogP) is 14.3. The van der Waals surface area contributed by atoms with E-state index in [1.165, 1.54) is 64.2 Å². The molecule has 11 heteroatoms. The molecule has 0 spiro atoms. The molecule has 0 saturated carbocycles. The average molecular weight is 1070 g/mol. The quantitative estimate of drug-likeness (QED) is 0.0195. The lowest BCUT2D eigenvalue weighted by molar-refractivity contribution is -0.305. The van der Waals surface area contributed by atoms with Crippen molar-refractivity contribution in [2.75, 3.05) is 13.2 Å². The average Bonchev–Trinajstić information content (AvgIpc) is 3.42. The van der Waals surface area contributed by atoms with Crippen molar-refractivity contribution in [3.63, 3.8) is 0 Å². The maximum Gasteiger partial charge on any atom is 0.306 e. The summed E-state index contributed by atoms with van der Waals surface area (Å²) in [5, 5.41) is 56.9. The second-order valence-electron chi connectivity index (χ2n) is 20.7. The number of ether oxygens (including phenoxy) is 3. The highest BCUT2D eigenvalue weighted by atomic mass is 16.7. The first-order chi connectivity index (χ1) is 37.2. The first-order valence-electron chi connectivity index (χ1n) is 30.5. The van der Waals surface area contributed by atoms with Crippen LogP contribution in [-0.4, -0.2) is 99.6 Å². The summed E-state index contributed by atoms with van der Waals surface area (Å²) < 4.78 is 17.6. The van der Waals surface area contributed by atoms with Crippen LogP contribution in [0.5, 0.6) is 0 Å². The topological polar surface area (TPSA) is 175 Å². The number of esters is 1. The number of aliphatic hydroxyl groups excluding tert-OH is 5. The molecule has 1 saturated heterocycles. The monoisotopic (exact) mass is 1070 g/mol. The molecule has 0 aromatic carbocycles.